The van der Waals surface area contributed by atoms with Gasteiger partial charge in [-0.1, -0.05) is 6.07 Å². The smallest absolute Gasteiger partial charge is 0.322 e. The molecule has 124 valence electrons. The maximum Gasteiger partial charge on any atom is 0.322 e. The first-order chi connectivity index (χ1) is 10.9. The number of carboxylic acids is 1. The van der Waals surface area contributed by atoms with Gasteiger partial charge in [0.15, 0.2) is 0 Å². The Balaban J connectivity index is 2.01. The number of piperidine rings is 1. The standard InChI is InChI=1S/C15H18N2O5S/c18-14-12-9-11(5-4-10(12)6-7-16-14)23(21,22)17-8-2-1-3-13(17)15(19)20/h4-5,9,13H,1-3,6-8H2,(H,16,18)(H,19,20). The molecule has 3 rings (SSSR count). The van der Waals surface area contributed by atoms with Crippen molar-refractivity contribution in [3.05, 3.63) is 29.3 Å². The Kier molecular flexibility index (Phi) is 4.11. The summed E-state index contributed by atoms with van der Waals surface area (Å²) in [7, 11) is -3.94. The Morgan fingerprint density at radius 3 is 2.83 bits per heavy atom. The van der Waals surface area contributed by atoms with E-state index in [0.29, 0.717) is 37.8 Å². The lowest BCUT2D eigenvalue weighted by Crippen LogP contribution is -2.47. The lowest BCUT2D eigenvalue weighted by molar-refractivity contribution is -0.142. The van der Waals surface area contributed by atoms with Crippen LogP contribution < -0.4 is 5.32 Å². The molecule has 1 atom stereocenters. The van der Waals surface area contributed by atoms with Crippen molar-refractivity contribution in [3.63, 3.8) is 0 Å². The van der Waals surface area contributed by atoms with Gasteiger partial charge in [0, 0.05) is 18.7 Å². The third-order valence-corrected chi connectivity index (χ3v) is 6.26. The van der Waals surface area contributed by atoms with Crippen LogP contribution in [0.25, 0.3) is 0 Å². The van der Waals surface area contributed by atoms with Crippen LogP contribution in [0.4, 0.5) is 0 Å². The fraction of sp³-hybridized carbons (Fsp3) is 0.467. The van der Waals surface area contributed by atoms with Crippen LogP contribution in [0.5, 0.6) is 0 Å². The number of sulfonamides is 1. The summed E-state index contributed by atoms with van der Waals surface area (Å²) in [6, 6.07) is 3.41. The van der Waals surface area contributed by atoms with Gasteiger partial charge in [-0.2, -0.15) is 4.31 Å². The molecule has 1 aromatic rings. The van der Waals surface area contributed by atoms with E-state index in [-0.39, 0.29) is 17.3 Å². The van der Waals surface area contributed by atoms with Gasteiger partial charge in [-0.25, -0.2) is 8.42 Å². The van der Waals surface area contributed by atoms with Gasteiger partial charge in [0.05, 0.1) is 4.90 Å². The monoisotopic (exact) mass is 338 g/mol. The minimum atomic E-state index is -3.94. The molecule has 2 heterocycles. The zero-order valence-corrected chi connectivity index (χ0v) is 13.3. The van der Waals surface area contributed by atoms with Crippen LogP contribution in [0.3, 0.4) is 0 Å². The molecule has 1 aromatic carbocycles. The largest absolute Gasteiger partial charge is 0.480 e. The van der Waals surface area contributed by atoms with Gasteiger partial charge in [-0.3, -0.25) is 9.59 Å². The van der Waals surface area contributed by atoms with Crippen molar-refractivity contribution in [3.8, 4) is 0 Å². The summed E-state index contributed by atoms with van der Waals surface area (Å²) in [5.74, 6) is -1.43. The number of carbonyl (C=O) groups excluding carboxylic acids is 1. The van der Waals surface area contributed by atoms with Crippen LogP contribution >= 0.6 is 0 Å². The predicted molar refractivity (Wildman–Crippen MR) is 81.6 cm³/mol. The Morgan fingerprint density at radius 1 is 1.30 bits per heavy atom. The number of benzene rings is 1. The minimum Gasteiger partial charge on any atom is -0.480 e. The zero-order valence-electron chi connectivity index (χ0n) is 12.5. The van der Waals surface area contributed by atoms with Gasteiger partial charge in [0.2, 0.25) is 10.0 Å². The van der Waals surface area contributed by atoms with Gasteiger partial charge in [-0.15, -0.1) is 0 Å². The first-order valence-electron chi connectivity index (χ1n) is 7.57. The maximum absolute atomic E-state index is 12.8. The number of rotatable bonds is 3. The molecule has 0 aromatic heterocycles. The summed E-state index contributed by atoms with van der Waals surface area (Å²) < 4.78 is 26.7. The van der Waals surface area contributed by atoms with Crippen molar-refractivity contribution in [2.24, 2.45) is 0 Å². The van der Waals surface area contributed by atoms with Crippen molar-refractivity contribution in [1.82, 2.24) is 9.62 Å². The highest BCUT2D eigenvalue weighted by Gasteiger charge is 2.38. The van der Waals surface area contributed by atoms with Gasteiger partial charge in [0.1, 0.15) is 6.04 Å². The molecule has 0 saturated carbocycles. The summed E-state index contributed by atoms with van der Waals surface area (Å²) in [5.41, 5.74) is 1.15. The normalized spacial score (nSPS) is 22.3. The quantitative estimate of drug-likeness (QED) is 0.840. The van der Waals surface area contributed by atoms with Crippen LogP contribution in [0.15, 0.2) is 23.1 Å². The topological polar surface area (TPSA) is 104 Å². The Labute approximate surface area is 134 Å². The summed E-state index contributed by atoms with van der Waals surface area (Å²) in [6.07, 6.45) is 2.28. The van der Waals surface area contributed by atoms with Crippen molar-refractivity contribution < 1.29 is 23.1 Å². The SMILES string of the molecule is O=C1NCCc2ccc(S(=O)(=O)N3CCCCC3C(=O)O)cc21. The van der Waals surface area contributed by atoms with Gasteiger partial charge < -0.3 is 10.4 Å². The van der Waals surface area contributed by atoms with E-state index in [0.717, 1.165) is 9.87 Å². The van der Waals surface area contributed by atoms with E-state index >= 15 is 0 Å². The van der Waals surface area contributed by atoms with E-state index in [1.54, 1.807) is 6.07 Å². The Bertz CT molecular complexity index is 759. The number of nitrogens with one attached hydrogen (secondary N) is 1. The van der Waals surface area contributed by atoms with Crippen LogP contribution in [-0.4, -0.2) is 48.8 Å². The molecule has 0 aliphatic carbocycles. The van der Waals surface area contributed by atoms with Crippen molar-refractivity contribution in [2.75, 3.05) is 13.1 Å². The first-order valence-corrected chi connectivity index (χ1v) is 9.01. The van der Waals surface area contributed by atoms with E-state index in [1.165, 1.54) is 12.1 Å². The number of nitrogens with zero attached hydrogens (tertiary/aromatic N) is 1. The average Bonchev–Trinajstić information content (AvgIpc) is 2.55. The zero-order chi connectivity index (χ0) is 16.6. The number of hydrogen-bond acceptors (Lipinski definition) is 4. The van der Waals surface area contributed by atoms with E-state index in [2.05, 4.69) is 5.32 Å². The lowest BCUT2D eigenvalue weighted by Gasteiger charge is -2.32. The molecule has 0 spiro atoms. The summed E-state index contributed by atoms with van der Waals surface area (Å²) >= 11 is 0. The molecule has 2 aliphatic heterocycles. The fourth-order valence-electron chi connectivity index (χ4n) is 3.13. The predicted octanol–water partition coefficient (Wildman–Crippen LogP) is 0.600. The number of fused-ring (bicyclic) bond motifs is 1. The summed E-state index contributed by atoms with van der Waals surface area (Å²) in [4.78, 5) is 23.2. The average molecular weight is 338 g/mol. The molecule has 0 radical (unpaired) electrons. The molecule has 8 heteroatoms. The highest BCUT2D eigenvalue weighted by atomic mass is 32.2. The molecular weight excluding hydrogens is 320 g/mol. The van der Waals surface area contributed by atoms with E-state index in [9.17, 15) is 23.1 Å². The number of hydrogen-bond donors (Lipinski definition) is 2. The van der Waals surface area contributed by atoms with Crippen LogP contribution in [-0.2, 0) is 21.2 Å². The summed E-state index contributed by atoms with van der Waals surface area (Å²) in [6.45, 7) is 0.716. The maximum atomic E-state index is 12.8. The third kappa shape index (κ3) is 2.84. The molecule has 1 saturated heterocycles. The minimum absolute atomic E-state index is 0.0264. The molecule has 0 bridgehead atoms. The highest BCUT2D eigenvalue weighted by molar-refractivity contribution is 7.89. The molecule has 2 aliphatic rings. The number of amides is 1. The molecule has 23 heavy (non-hydrogen) atoms. The molecular formula is C15H18N2O5S. The summed E-state index contributed by atoms with van der Waals surface area (Å²) in [5, 5.41) is 12.0. The van der Waals surface area contributed by atoms with Crippen LogP contribution in [0.2, 0.25) is 0 Å². The first kappa shape index (κ1) is 15.9. The molecule has 1 amide bonds. The van der Waals surface area contributed by atoms with Gasteiger partial charge in [0.25, 0.3) is 5.91 Å². The van der Waals surface area contributed by atoms with E-state index in [1.807, 2.05) is 0 Å². The number of carbonyl (C=O) groups is 2. The van der Waals surface area contributed by atoms with Crippen molar-refractivity contribution >= 4 is 21.9 Å². The van der Waals surface area contributed by atoms with Gasteiger partial charge in [-0.05, 0) is 43.4 Å². The van der Waals surface area contributed by atoms with Gasteiger partial charge >= 0.3 is 5.97 Å². The second-order valence-electron chi connectivity index (χ2n) is 5.79. The number of aliphatic carboxylic acids is 1. The second kappa shape index (κ2) is 5.93. The molecule has 2 N–H and O–H groups in total. The van der Waals surface area contributed by atoms with Crippen molar-refractivity contribution in [1.29, 1.82) is 0 Å². The van der Waals surface area contributed by atoms with E-state index < -0.39 is 22.0 Å². The highest BCUT2D eigenvalue weighted by Crippen LogP contribution is 2.27. The molecule has 1 unspecified atom stereocenters. The molecule has 7 nitrogen and oxygen atoms in total. The Morgan fingerprint density at radius 2 is 2.09 bits per heavy atom. The molecule has 1 fully saturated rings. The fourth-order valence-corrected chi connectivity index (χ4v) is 4.80. The third-order valence-electron chi connectivity index (χ3n) is 4.35. The van der Waals surface area contributed by atoms with E-state index in [4.69, 9.17) is 0 Å². The lowest BCUT2D eigenvalue weighted by atomic mass is 10.0. The van der Waals surface area contributed by atoms with Crippen molar-refractivity contribution in [2.45, 2.75) is 36.6 Å². The van der Waals surface area contributed by atoms with Crippen LogP contribution in [0, 0.1) is 0 Å². The Hall–Kier alpha value is -1.93. The second-order valence-corrected chi connectivity index (χ2v) is 7.68. The van der Waals surface area contributed by atoms with Crippen LogP contribution in [0.1, 0.15) is 35.2 Å². The number of carboxylic acid groups (broad SMARTS) is 1.